The molecule has 0 heterocycles. The van der Waals surface area contributed by atoms with Crippen LogP contribution in [0.3, 0.4) is 0 Å². The number of rotatable bonds is 7. The number of carbonyl (C=O) groups excluding carboxylic acids is 1. The third-order valence-electron chi connectivity index (χ3n) is 3.11. The molecule has 0 spiro atoms. The number of Topliss-reactive ketones (excluding diaryl/α,β-unsaturated/α-hetero) is 1. The Labute approximate surface area is 133 Å². The second-order valence-corrected chi connectivity index (χ2v) is 6.60. The summed E-state index contributed by atoms with van der Waals surface area (Å²) in [5.74, 6) is -1.33. The number of benzene rings is 2. The van der Waals surface area contributed by atoms with Gasteiger partial charge < -0.3 is 5.11 Å². The number of aliphatic carboxylic acids is 1. The Bertz CT molecular complexity index is 798. The fourth-order valence-electron chi connectivity index (χ4n) is 1.94. The van der Waals surface area contributed by atoms with Crippen LogP contribution in [-0.4, -0.2) is 31.8 Å². The molecule has 2 aromatic carbocycles. The molecule has 0 aliphatic heterocycles. The molecule has 23 heavy (non-hydrogen) atoms. The Balaban J connectivity index is 2.08. The van der Waals surface area contributed by atoms with Crippen molar-refractivity contribution in [1.82, 2.24) is 4.72 Å². The van der Waals surface area contributed by atoms with Crippen LogP contribution in [0.1, 0.15) is 15.9 Å². The van der Waals surface area contributed by atoms with Crippen molar-refractivity contribution in [3.63, 3.8) is 0 Å². The summed E-state index contributed by atoms with van der Waals surface area (Å²) in [5, 5.41) is 8.51. The Morgan fingerprint density at radius 3 is 2.13 bits per heavy atom. The van der Waals surface area contributed by atoms with E-state index in [-0.39, 0.29) is 17.1 Å². The van der Waals surface area contributed by atoms with Crippen LogP contribution in [0.5, 0.6) is 0 Å². The van der Waals surface area contributed by atoms with Gasteiger partial charge in [0.2, 0.25) is 10.0 Å². The summed E-state index contributed by atoms with van der Waals surface area (Å²) < 4.78 is 25.7. The topological polar surface area (TPSA) is 101 Å². The standard InChI is InChI=1S/C16H15NO5S/c18-15(13-4-2-1-3-5-13)10-12-6-8-14(9-7-12)23(21,22)17-11-16(19)20/h1-9,17H,10-11H2,(H,19,20). The van der Waals surface area contributed by atoms with Crippen LogP contribution in [-0.2, 0) is 21.2 Å². The average Bonchev–Trinajstić information content (AvgIpc) is 2.54. The minimum absolute atomic E-state index is 0.0466. The number of carboxylic acid groups (broad SMARTS) is 1. The quantitative estimate of drug-likeness (QED) is 0.747. The third-order valence-corrected chi connectivity index (χ3v) is 4.52. The molecule has 0 fully saturated rings. The highest BCUT2D eigenvalue weighted by Gasteiger charge is 2.15. The lowest BCUT2D eigenvalue weighted by Crippen LogP contribution is -2.29. The van der Waals surface area contributed by atoms with E-state index in [0.29, 0.717) is 11.1 Å². The molecule has 0 unspecified atom stereocenters. The molecule has 0 radical (unpaired) electrons. The first-order valence-corrected chi connectivity index (χ1v) is 8.25. The molecule has 0 aliphatic carbocycles. The van der Waals surface area contributed by atoms with Crippen molar-refractivity contribution in [2.75, 3.05) is 6.54 Å². The van der Waals surface area contributed by atoms with Crippen molar-refractivity contribution in [2.24, 2.45) is 0 Å². The third kappa shape index (κ3) is 4.73. The minimum atomic E-state index is -3.87. The molecule has 0 bridgehead atoms. The van der Waals surface area contributed by atoms with Crippen LogP contribution >= 0.6 is 0 Å². The lowest BCUT2D eigenvalue weighted by molar-refractivity contribution is -0.135. The van der Waals surface area contributed by atoms with E-state index in [2.05, 4.69) is 0 Å². The molecule has 2 rings (SSSR count). The van der Waals surface area contributed by atoms with Gasteiger partial charge in [-0.05, 0) is 17.7 Å². The Hall–Kier alpha value is -2.51. The predicted molar refractivity (Wildman–Crippen MR) is 83.7 cm³/mol. The summed E-state index contributed by atoms with van der Waals surface area (Å²) in [7, 11) is -3.87. The summed E-state index contributed by atoms with van der Waals surface area (Å²) in [6.07, 6.45) is 0.160. The van der Waals surface area contributed by atoms with Crippen LogP contribution in [0.4, 0.5) is 0 Å². The maximum atomic E-state index is 12.1. The van der Waals surface area contributed by atoms with Crippen LogP contribution < -0.4 is 4.72 Å². The first kappa shape index (κ1) is 16.9. The Morgan fingerprint density at radius 1 is 0.957 bits per heavy atom. The molecule has 0 saturated heterocycles. The van der Waals surface area contributed by atoms with Crippen molar-refractivity contribution >= 4 is 21.8 Å². The largest absolute Gasteiger partial charge is 0.480 e. The van der Waals surface area contributed by atoms with Gasteiger partial charge in [-0.2, -0.15) is 4.72 Å². The fourth-order valence-corrected chi connectivity index (χ4v) is 2.91. The van der Waals surface area contributed by atoms with E-state index in [1.54, 1.807) is 24.3 Å². The van der Waals surface area contributed by atoms with Crippen LogP contribution in [0, 0.1) is 0 Å². The lowest BCUT2D eigenvalue weighted by Gasteiger charge is -2.06. The van der Waals surface area contributed by atoms with Crippen LogP contribution in [0.25, 0.3) is 0 Å². The highest BCUT2D eigenvalue weighted by Crippen LogP contribution is 2.13. The molecule has 2 aromatic rings. The summed E-state index contributed by atoms with van der Waals surface area (Å²) in [6, 6.07) is 14.6. The lowest BCUT2D eigenvalue weighted by atomic mass is 10.0. The van der Waals surface area contributed by atoms with Gasteiger partial charge in [0.05, 0.1) is 4.90 Å². The number of sulfonamides is 1. The monoisotopic (exact) mass is 333 g/mol. The average molecular weight is 333 g/mol. The first-order valence-electron chi connectivity index (χ1n) is 6.77. The van der Waals surface area contributed by atoms with Gasteiger partial charge in [0.25, 0.3) is 0 Å². The summed E-state index contributed by atoms with van der Waals surface area (Å²) in [4.78, 5) is 22.5. The highest BCUT2D eigenvalue weighted by molar-refractivity contribution is 7.89. The zero-order valence-electron chi connectivity index (χ0n) is 12.1. The van der Waals surface area contributed by atoms with Gasteiger partial charge in [0, 0.05) is 12.0 Å². The van der Waals surface area contributed by atoms with E-state index in [9.17, 15) is 18.0 Å². The van der Waals surface area contributed by atoms with E-state index in [1.165, 1.54) is 24.3 Å². The number of hydrogen-bond acceptors (Lipinski definition) is 4. The van der Waals surface area contributed by atoms with Crippen molar-refractivity contribution in [1.29, 1.82) is 0 Å². The molecule has 6 nitrogen and oxygen atoms in total. The number of nitrogens with one attached hydrogen (secondary N) is 1. The van der Waals surface area contributed by atoms with Gasteiger partial charge >= 0.3 is 5.97 Å². The molecule has 0 amide bonds. The molecular formula is C16H15NO5S. The molecule has 0 aliphatic rings. The van der Waals surface area contributed by atoms with Crippen molar-refractivity contribution in [3.05, 3.63) is 65.7 Å². The second-order valence-electron chi connectivity index (χ2n) is 4.83. The Kier molecular flexibility index (Phi) is 5.25. The van der Waals surface area contributed by atoms with E-state index in [1.807, 2.05) is 10.8 Å². The van der Waals surface area contributed by atoms with Gasteiger partial charge in [0.1, 0.15) is 6.54 Å². The molecule has 2 N–H and O–H groups in total. The van der Waals surface area contributed by atoms with Crippen molar-refractivity contribution < 1.29 is 23.1 Å². The fraction of sp³-hybridized carbons (Fsp3) is 0.125. The normalized spacial score (nSPS) is 11.1. The number of carboxylic acids is 1. The number of ketones is 1. The maximum Gasteiger partial charge on any atom is 0.318 e. The minimum Gasteiger partial charge on any atom is -0.480 e. The van der Waals surface area contributed by atoms with Crippen molar-refractivity contribution in [3.8, 4) is 0 Å². The highest BCUT2D eigenvalue weighted by atomic mass is 32.2. The summed E-state index contributed by atoms with van der Waals surface area (Å²) in [5.41, 5.74) is 1.27. The van der Waals surface area contributed by atoms with Gasteiger partial charge in [-0.25, -0.2) is 8.42 Å². The van der Waals surface area contributed by atoms with Crippen LogP contribution in [0.2, 0.25) is 0 Å². The van der Waals surface area contributed by atoms with E-state index >= 15 is 0 Å². The van der Waals surface area contributed by atoms with Gasteiger partial charge in [-0.15, -0.1) is 0 Å². The van der Waals surface area contributed by atoms with Crippen molar-refractivity contribution in [2.45, 2.75) is 11.3 Å². The molecule has 0 aromatic heterocycles. The number of hydrogen-bond donors (Lipinski definition) is 2. The zero-order valence-corrected chi connectivity index (χ0v) is 12.9. The van der Waals surface area contributed by atoms with E-state index in [0.717, 1.165) is 0 Å². The first-order chi connectivity index (χ1) is 10.9. The predicted octanol–water partition coefficient (Wildman–Crippen LogP) is 1.47. The molecule has 7 heteroatoms. The smallest absolute Gasteiger partial charge is 0.318 e. The summed E-state index contributed by atoms with van der Waals surface area (Å²) in [6.45, 7) is -0.684. The maximum absolute atomic E-state index is 12.1. The van der Waals surface area contributed by atoms with E-state index < -0.39 is 22.5 Å². The number of carbonyl (C=O) groups is 2. The molecule has 0 atom stereocenters. The van der Waals surface area contributed by atoms with Gasteiger partial charge in [-0.3, -0.25) is 9.59 Å². The SMILES string of the molecule is O=C(O)CNS(=O)(=O)c1ccc(CC(=O)c2ccccc2)cc1. The van der Waals surface area contributed by atoms with Gasteiger partial charge in [-0.1, -0.05) is 42.5 Å². The molecule has 0 saturated carbocycles. The van der Waals surface area contributed by atoms with Crippen LogP contribution in [0.15, 0.2) is 59.5 Å². The Morgan fingerprint density at radius 2 is 1.57 bits per heavy atom. The second kappa shape index (κ2) is 7.17. The van der Waals surface area contributed by atoms with E-state index in [4.69, 9.17) is 5.11 Å². The zero-order chi connectivity index (χ0) is 16.9. The van der Waals surface area contributed by atoms with Gasteiger partial charge in [0.15, 0.2) is 5.78 Å². The molecular weight excluding hydrogens is 318 g/mol. The molecule has 120 valence electrons. The summed E-state index contributed by atoms with van der Waals surface area (Å²) >= 11 is 0.